The van der Waals surface area contributed by atoms with Crippen LogP contribution in [0.2, 0.25) is 0 Å². The smallest absolute Gasteiger partial charge is 0.222 e. The molecule has 0 radical (unpaired) electrons. The number of para-hydroxylation sites is 1. The van der Waals surface area contributed by atoms with Crippen molar-refractivity contribution in [3.63, 3.8) is 0 Å². The minimum atomic E-state index is 0.0700. The molecule has 2 N–H and O–H groups in total. The molecule has 0 saturated heterocycles. The molecule has 0 spiro atoms. The van der Waals surface area contributed by atoms with E-state index in [0.717, 1.165) is 17.7 Å². The largest absolute Gasteiger partial charge is 0.491 e. The van der Waals surface area contributed by atoms with Gasteiger partial charge in [0, 0.05) is 19.5 Å². The number of amides is 1. The highest BCUT2D eigenvalue weighted by Crippen LogP contribution is 2.15. The molecule has 4 heteroatoms. The Bertz CT molecular complexity index is 405. The molecule has 0 fully saturated rings. The third-order valence-electron chi connectivity index (χ3n) is 3.02. The van der Waals surface area contributed by atoms with Crippen LogP contribution in [0.3, 0.4) is 0 Å². The fraction of sp³-hybridized carbons (Fsp3) is 0.533. The topological polar surface area (TPSA) is 55.6 Å². The molecule has 19 heavy (non-hydrogen) atoms. The minimum Gasteiger partial charge on any atom is -0.491 e. The predicted octanol–water partition coefficient (Wildman–Crippen LogP) is 1.96. The fourth-order valence-corrected chi connectivity index (χ4v) is 1.68. The zero-order chi connectivity index (χ0) is 14.3. The van der Waals surface area contributed by atoms with Gasteiger partial charge >= 0.3 is 0 Å². The molecule has 1 unspecified atom stereocenters. The lowest BCUT2D eigenvalue weighted by Gasteiger charge is -2.18. The molecule has 0 aromatic heterocycles. The van der Waals surface area contributed by atoms with Crippen molar-refractivity contribution in [2.24, 2.45) is 5.73 Å². The van der Waals surface area contributed by atoms with Crippen molar-refractivity contribution >= 4 is 5.91 Å². The van der Waals surface area contributed by atoms with Crippen molar-refractivity contribution in [2.45, 2.75) is 32.7 Å². The van der Waals surface area contributed by atoms with Gasteiger partial charge in [0.05, 0.1) is 6.54 Å². The second kappa shape index (κ2) is 7.79. The van der Waals surface area contributed by atoms with Gasteiger partial charge in [0.15, 0.2) is 0 Å². The van der Waals surface area contributed by atoms with E-state index in [1.165, 1.54) is 0 Å². The average Bonchev–Trinajstić information content (AvgIpc) is 2.38. The number of benzene rings is 1. The summed E-state index contributed by atoms with van der Waals surface area (Å²) in [5, 5.41) is 0. The van der Waals surface area contributed by atoms with Gasteiger partial charge in [-0.1, -0.05) is 18.2 Å². The first kappa shape index (κ1) is 15.5. The Hall–Kier alpha value is -1.55. The van der Waals surface area contributed by atoms with Crippen LogP contribution in [0.25, 0.3) is 0 Å². The Morgan fingerprint density at radius 3 is 2.74 bits per heavy atom. The maximum atomic E-state index is 11.8. The molecule has 0 aliphatic carbocycles. The normalized spacial score (nSPS) is 12.0. The number of likely N-dealkylation sites (N-methyl/N-ethyl adjacent to an activating group) is 1. The van der Waals surface area contributed by atoms with Crippen LogP contribution in [-0.2, 0) is 4.79 Å². The van der Waals surface area contributed by atoms with Gasteiger partial charge in [0.2, 0.25) is 5.91 Å². The number of ether oxygens (including phenoxy) is 1. The Morgan fingerprint density at radius 2 is 2.11 bits per heavy atom. The maximum Gasteiger partial charge on any atom is 0.222 e. The summed E-state index contributed by atoms with van der Waals surface area (Å²) in [4.78, 5) is 13.5. The lowest BCUT2D eigenvalue weighted by Crippen LogP contribution is -2.31. The van der Waals surface area contributed by atoms with Crippen LogP contribution in [-0.4, -0.2) is 37.0 Å². The number of aryl methyl sites for hydroxylation is 1. The van der Waals surface area contributed by atoms with Crippen molar-refractivity contribution < 1.29 is 9.53 Å². The standard InChI is InChI=1S/C15H24N2O2/c1-12-6-4-5-7-14(12)19-11-10-17(3)15(18)9-8-13(2)16/h4-7,13H,8-11,16H2,1-3H3. The van der Waals surface area contributed by atoms with Gasteiger partial charge in [0.25, 0.3) is 0 Å². The van der Waals surface area contributed by atoms with Gasteiger partial charge in [-0.15, -0.1) is 0 Å². The van der Waals surface area contributed by atoms with E-state index in [0.29, 0.717) is 19.6 Å². The van der Waals surface area contributed by atoms with Gasteiger partial charge in [-0.3, -0.25) is 4.79 Å². The average molecular weight is 264 g/mol. The highest BCUT2D eigenvalue weighted by molar-refractivity contribution is 5.75. The fourth-order valence-electron chi connectivity index (χ4n) is 1.68. The number of nitrogens with zero attached hydrogens (tertiary/aromatic N) is 1. The molecule has 0 saturated carbocycles. The van der Waals surface area contributed by atoms with Crippen molar-refractivity contribution in [3.05, 3.63) is 29.8 Å². The molecule has 0 bridgehead atoms. The number of carbonyl (C=O) groups is 1. The third-order valence-corrected chi connectivity index (χ3v) is 3.02. The summed E-state index contributed by atoms with van der Waals surface area (Å²) >= 11 is 0. The van der Waals surface area contributed by atoms with E-state index in [2.05, 4.69) is 0 Å². The van der Waals surface area contributed by atoms with Crippen LogP contribution < -0.4 is 10.5 Å². The Morgan fingerprint density at radius 1 is 1.42 bits per heavy atom. The molecule has 4 nitrogen and oxygen atoms in total. The Kier molecular flexibility index (Phi) is 6.36. The van der Waals surface area contributed by atoms with E-state index >= 15 is 0 Å². The summed E-state index contributed by atoms with van der Waals surface area (Å²) in [5.74, 6) is 0.990. The van der Waals surface area contributed by atoms with Crippen LogP contribution in [0.4, 0.5) is 0 Å². The summed E-state index contributed by atoms with van der Waals surface area (Å²) in [5.41, 5.74) is 6.74. The summed E-state index contributed by atoms with van der Waals surface area (Å²) in [7, 11) is 1.80. The summed E-state index contributed by atoms with van der Waals surface area (Å²) in [6.45, 7) is 5.01. The number of hydrogen-bond acceptors (Lipinski definition) is 3. The van der Waals surface area contributed by atoms with Crippen molar-refractivity contribution in [1.29, 1.82) is 0 Å². The van der Waals surface area contributed by atoms with Gasteiger partial charge in [-0.2, -0.15) is 0 Å². The molecule has 1 amide bonds. The molecule has 1 aromatic rings. The second-order valence-corrected chi connectivity index (χ2v) is 4.95. The molecular weight excluding hydrogens is 240 g/mol. The highest BCUT2D eigenvalue weighted by atomic mass is 16.5. The van der Waals surface area contributed by atoms with Crippen molar-refractivity contribution in [2.75, 3.05) is 20.2 Å². The first-order valence-corrected chi connectivity index (χ1v) is 6.68. The molecular formula is C15H24N2O2. The highest BCUT2D eigenvalue weighted by Gasteiger charge is 2.09. The molecule has 0 aliphatic heterocycles. The number of rotatable bonds is 7. The summed E-state index contributed by atoms with van der Waals surface area (Å²) < 4.78 is 5.66. The Labute approximate surface area is 115 Å². The molecule has 1 rings (SSSR count). The first-order valence-electron chi connectivity index (χ1n) is 6.68. The van der Waals surface area contributed by atoms with Crippen molar-refractivity contribution in [1.82, 2.24) is 4.90 Å². The number of nitrogens with two attached hydrogens (primary N) is 1. The van der Waals surface area contributed by atoms with E-state index in [9.17, 15) is 4.79 Å². The van der Waals surface area contributed by atoms with Crippen molar-refractivity contribution in [3.8, 4) is 5.75 Å². The van der Waals surface area contributed by atoms with Crippen LogP contribution in [0, 0.1) is 6.92 Å². The zero-order valence-corrected chi connectivity index (χ0v) is 12.1. The zero-order valence-electron chi connectivity index (χ0n) is 12.1. The maximum absolute atomic E-state index is 11.8. The van der Waals surface area contributed by atoms with Gasteiger partial charge in [-0.05, 0) is 31.9 Å². The lowest BCUT2D eigenvalue weighted by atomic mass is 10.2. The van der Waals surface area contributed by atoms with E-state index in [1.54, 1.807) is 11.9 Å². The monoisotopic (exact) mass is 264 g/mol. The van der Waals surface area contributed by atoms with Crippen LogP contribution in [0.15, 0.2) is 24.3 Å². The van der Waals surface area contributed by atoms with E-state index in [-0.39, 0.29) is 11.9 Å². The third kappa shape index (κ3) is 5.75. The Balaban J connectivity index is 2.29. The predicted molar refractivity (Wildman–Crippen MR) is 77.2 cm³/mol. The SMILES string of the molecule is Cc1ccccc1OCCN(C)C(=O)CCC(C)N. The van der Waals surface area contributed by atoms with Crippen LogP contribution in [0.5, 0.6) is 5.75 Å². The van der Waals surface area contributed by atoms with E-state index in [4.69, 9.17) is 10.5 Å². The molecule has 1 aromatic carbocycles. The molecule has 106 valence electrons. The molecule has 0 aliphatic rings. The van der Waals surface area contributed by atoms with Gasteiger partial charge in [-0.25, -0.2) is 0 Å². The lowest BCUT2D eigenvalue weighted by molar-refractivity contribution is -0.130. The van der Waals surface area contributed by atoms with Crippen LogP contribution >= 0.6 is 0 Å². The van der Waals surface area contributed by atoms with Crippen LogP contribution in [0.1, 0.15) is 25.3 Å². The van der Waals surface area contributed by atoms with Gasteiger partial charge in [0.1, 0.15) is 12.4 Å². The van der Waals surface area contributed by atoms with E-state index in [1.807, 2.05) is 38.1 Å². The number of carbonyl (C=O) groups excluding carboxylic acids is 1. The summed E-state index contributed by atoms with van der Waals surface area (Å²) in [6, 6.07) is 7.94. The summed E-state index contributed by atoms with van der Waals surface area (Å²) in [6.07, 6.45) is 1.22. The second-order valence-electron chi connectivity index (χ2n) is 4.95. The van der Waals surface area contributed by atoms with Gasteiger partial charge < -0.3 is 15.4 Å². The first-order chi connectivity index (χ1) is 9.00. The quantitative estimate of drug-likeness (QED) is 0.819. The van der Waals surface area contributed by atoms with E-state index < -0.39 is 0 Å². The molecule has 0 heterocycles. The number of hydrogen-bond donors (Lipinski definition) is 1. The minimum absolute atomic E-state index is 0.0700. The molecule has 1 atom stereocenters.